The summed E-state index contributed by atoms with van der Waals surface area (Å²) in [5.41, 5.74) is 0.804. The van der Waals surface area contributed by atoms with Crippen LogP contribution in [0.4, 0.5) is 13.2 Å². The second-order valence-electron chi connectivity index (χ2n) is 7.74. The molecule has 1 aliphatic heterocycles. The van der Waals surface area contributed by atoms with Crippen LogP contribution in [0.1, 0.15) is 32.6 Å². The van der Waals surface area contributed by atoms with Crippen molar-refractivity contribution in [2.75, 3.05) is 13.7 Å². The zero-order chi connectivity index (χ0) is 24.3. The number of hydrogen-bond acceptors (Lipinski definition) is 5. The molecule has 0 amide bonds. The SMILES string of the molecule is COC(=O)C(=O)c1c(C(F)(F)F)ccc(OCc2ccccc2)c1-c1ccc2c(c1)CCOC2. The number of carbonyl (C=O) groups excluding carboxylic acids is 2. The maximum absolute atomic E-state index is 14.0. The molecule has 8 heteroatoms. The van der Waals surface area contributed by atoms with Crippen LogP contribution in [0.5, 0.6) is 5.75 Å². The van der Waals surface area contributed by atoms with Crippen LogP contribution < -0.4 is 4.74 Å². The maximum Gasteiger partial charge on any atom is 0.417 e. The zero-order valence-electron chi connectivity index (χ0n) is 18.3. The molecule has 34 heavy (non-hydrogen) atoms. The highest BCUT2D eigenvalue weighted by atomic mass is 19.4. The molecule has 0 aromatic heterocycles. The standard InChI is InChI=1S/C26H21F3O5/c1-32-25(31)24(30)23-20(26(27,28)29)9-10-21(34-14-16-5-3-2-4-6-16)22(23)18-7-8-19-15-33-12-11-17(19)13-18/h2-10,13H,11-12,14-15H2,1H3. The minimum absolute atomic E-state index is 0.0520. The first-order chi connectivity index (χ1) is 16.3. The molecule has 0 unspecified atom stereocenters. The van der Waals surface area contributed by atoms with Crippen LogP contribution in [0, 0.1) is 0 Å². The Morgan fingerprint density at radius 2 is 1.76 bits per heavy atom. The minimum Gasteiger partial charge on any atom is -0.488 e. The molecule has 176 valence electrons. The van der Waals surface area contributed by atoms with Crippen LogP contribution in [0.3, 0.4) is 0 Å². The van der Waals surface area contributed by atoms with E-state index in [1.807, 2.05) is 30.3 Å². The number of halogens is 3. The monoisotopic (exact) mass is 470 g/mol. The fourth-order valence-electron chi connectivity index (χ4n) is 3.91. The Hall–Kier alpha value is -3.65. The minimum atomic E-state index is -4.88. The summed E-state index contributed by atoms with van der Waals surface area (Å²) in [5, 5.41) is 0. The predicted octanol–water partition coefficient (Wildman–Crippen LogP) is 5.38. The van der Waals surface area contributed by atoms with Gasteiger partial charge in [-0.3, -0.25) is 4.79 Å². The van der Waals surface area contributed by atoms with Crippen molar-refractivity contribution in [3.05, 3.63) is 88.5 Å². The molecule has 0 aliphatic carbocycles. The number of ketones is 1. The summed E-state index contributed by atoms with van der Waals surface area (Å²) in [7, 11) is 0.946. The zero-order valence-corrected chi connectivity index (χ0v) is 18.3. The van der Waals surface area contributed by atoms with E-state index in [9.17, 15) is 22.8 Å². The van der Waals surface area contributed by atoms with Gasteiger partial charge >= 0.3 is 12.1 Å². The van der Waals surface area contributed by atoms with Gasteiger partial charge in [0, 0.05) is 5.56 Å². The topological polar surface area (TPSA) is 61.8 Å². The van der Waals surface area contributed by atoms with Gasteiger partial charge in [-0.1, -0.05) is 48.5 Å². The predicted molar refractivity (Wildman–Crippen MR) is 117 cm³/mol. The smallest absolute Gasteiger partial charge is 0.417 e. The quantitative estimate of drug-likeness (QED) is 0.275. The Morgan fingerprint density at radius 3 is 2.47 bits per heavy atom. The van der Waals surface area contributed by atoms with Gasteiger partial charge in [0.05, 0.1) is 31.5 Å². The lowest BCUT2D eigenvalue weighted by Gasteiger charge is -2.22. The van der Waals surface area contributed by atoms with Crippen LogP contribution in [0.15, 0.2) is 60.7 Å². The first-order valence-corrected chi connectivity index (χ1v) is 10.5. The van der Waals surface area contributed by atoms with Gasteiger partial charge in [0.2, 0.25) is 0 Å². The summed E-state index contributed by atoms with van der Waals surface area (Å²) < 4.78 is 57.7. The molecule has 3 aromatic rings. The van der Waals surface area contributed by atoms with Crippen molar-refractivity contribution in [3.8, 4) is 16.9 Å². The molecule has 0 bridgehead atoms. The lowest BCUT2D eigenvalue weighted by atomic mass is 9.89. The summed E-state index contributed by atoms with van der Waals surface area (Å²) in [4.78, 5) is 25.0. The molecule has 0 radical (unpaired) electrons. The first kappa shape index (κ1) is 23.5. The van der Waals surface area contributed by atoms with Gasteiger partial charge in [-0.2, -0.15) is 13.2 Å². The number of ether oxygens (including phenoxy) is 3. The molecule has 0 fully saturated rings. The van der Waals surface area contributed by atoms with Crippen molar-refractivity contribution in [1.82, 2.24) is 0 Å². The highest BCUT2D eigenvalue weighted by Gasteiger charge is 2.40. The molecule has 1 aliphatic rings. The number of hydrogen-bond donors (Lipinski definition) is 0. The van der Waals surface area contributed by atoms with Gasteiger partial charge in [0.25, 0.3) is 5.78 Å². The van der Waals surface area contributed by atoms with Gasteiger partial charge in [0.15, 0.2) is 0 Å². The molecule has 0 atom stereocenters. The van der Waals surface area contributed by atoms with Crippen molar-refractivity contribution >= 4 is 11.8 Å². The Balaban J connectivity index is 1.92. The highest BCUT2D eigenvalue weighted by Crippen LogP contribution is 2.43. The van der Waals surface area contributed by atoms with Crippen LogP contribution in [0.25, 0.3) is 11.1 Å². The maximum atomic E-state index is 14.0. The normalized spacial score (nSPS) is 13.2. The molecule has 0 saturated carbocycles. The van der Waals surface area contributed by atoms with E-state index in [1.54, 1.807) is 18.2 Å². The summed E-state index contributed by atoms with van der Waals surface area (Å²) in [6.45, 7) is 0.928. The summed E-state index contributed by atoms with van der Waals surface area (Å²) in [5.74, 6) is -2.73. The third-order valence-electron chi connectivity index (χ3n) is 5.58. The van der Waals surface area contributed by atoms with Gasteiger partial charge < -0.3 is 14.2 Å². The fourth-order valence-corrected chi connectivity index (χ4v) is 3.91. The third kappa shape index (κ3) is 4.82. The third-order valence-corrected chi connectivity index (χ3v) is 5.58. The second kappa shape index (κ2) is 9.69. The molecule has 0 N–H and O–H groups in total. The molecule has 3 aromatic carbocycles. The Morgan fingerprint density at radius 1 is 1.00 bits per heavy atom. The number of Topliss-reactive ketones (excluding diaryl/α,β-unsaturated/α-hetero) is 1. The molecular formula is C26H21F3O5. The van der Waals surface area contributed by atoms with E-state index >= 15 is 0 Å². The molecule has 4 rings (SSSR count). The fraction of sp³-hybridized carbons (Fsp3) is 0.231. The number of methoxy groups -OCH3 is 1. The van der Waals surface area contributed by atoms with E-state index in [0.29, 0.717) is 25.2 Å². The van der Waals surface area contributed by atoms with Gasteiger partial charge in [-0.05, 0) is 40.8 Å². The number of fused-ring (bicyclic) bond motifs is 1. The van der Waals surface area contributed by atoms with Crippen LogP contribution in [-0.4, -0.2) is 25.5 Å². The van der Waals surface area contributed by atoms with Gasteiger partial charge in [-0.25, -0.2) is 4.79 Å². The molecule has 1 heterocycles. The number of carbonyl (C=O) groups is 2. The van der Waals surface area contributed by atoms with E-state index in [0.717, 1.165) is 29.9 Å². The summed E-state index contributed by atoms with van der Waals surface area (Å²) in [6.07, 6.45) is -4.31. The van der Waals surface area contributed by atoms with E-state index < -0.39 is 29.1 Å². The highest BCUT2D eigenvalue weighted by molar-refractivity contribution is 6.42. The Kier molecular flexibility index (Phi) is 6.70. The Bertz CT molecular complexity index is 1220. The number of alkyl halides is 3. The van der Waals surface area contributed by atoms with Gasteiger partial charge in [-0.15, -0.1) is 0 Å². The summed E-state index contributed by atoms with van der Waals surface area (Å²) in [6, 6.07) is 16.1. The molecule has 5 nitrogen and oxygen atoms in total. The van der Waals surface area contributed by atoms with Crippen molar-refractivity contribution in [2.24, 2.45) is 0 Å². The van der Waals surface area contributed by atoms with Crippen molar-refractivity contribution in [2.45, 2.75) is 25.8 Å². The number of benzene rings is 3. The van der Waals surface area contributed by atoms with Crippen LogP contribution >= 0.6 is 0 Å². The summed E-state index contributed by atoms with van der Waals surface area (Å²) >= 11 is 0. The lowest BCUT2D eigenvalue weighted by Crippen LogP contribution is -2.22. The molecule has 0 saturated heterocycles. The second-order valence-corrected chi connectivity index (χ2v) is 7.74. The Labute approximate surface area is 194 Å². The van der Waals surface area contributed by atoms with Crippen molar-refractivity contribution in [3.63, 3.8) is 0 Å². The number of esters is 1. The average molecular weight is 470 g/mol. The van der Waals surface area contributed by atoms with E-state index in [1.165, 1.54) is 6.07 Å². The molecular weight excluding hydrogens is 449 g/mol. The van der Waals surface area contributed by atoms with Crippen molar-refractivity contribution < 1.29 is 37.0 Å². The van der Waals surface area contributed by atoms with E-state index in [4.69, 9.17) is 9.47 Å². The van der Waals surface area contributed by atoms with Crippen molar-refractivity contribution in [1.29, 1.82) is 0 Å². The largest absolute Gasteiger partial charge is 0.488 e. The van der Waals surface area contributed by atoms with Gasteiger partial charge in [0.1, 0.15) is 12.4 Å². The number of rotatable bonds is 6. The van der Waals surface area contributed by atoms with Crippen LogP contribution in [0.2, 0.25) is 0 Å². The lowest BCUT2D eigenvalue weighted by molar-refractivity contribution is -0.138. The molecule has 0 spiro atoms. The van der Waals surface area contributed by atoms with E-state index in [2.05, 4.69) is 4.74 Å². The average Bonchev–Trinajstić information content (AvgIpc) is 2.85. The van der Waals surface area contributed by atoms with Crippen LogP contribution in [-0.2, 0) is 40.1 Å². The first-order valence-electron chi connectivity index (χ1n) is 10.5. The van der Waals surface area contributed by atoms with E-state index in [-0.39, 0.29) is 17.9 Å².